The van der Waals surface area contributed by atoms with Crippen molar-refractivity contribution in [2.75, 3.05) is 5.32 Å². The van der Waals surface area contributed by atoms with Crippen LogP contribution in [-0.2, 0) is 11.0 Å². The van der Waals surface area contributed by atoms with Crippen LogP contribution in [0.2, 0.25) is 0 Å². The highest BCUT2D eigenvalue weighted by Gasteiger charge is 2.32. The molecule has 0 atom stereocenters. The van der Waals surface area contributed by atoms with Crippen molar-refractivity contribution in [1.29, 1.82) is 0 Å². The van der Waals surface area contributed by atoms with Gasteiger partial charge in [0, 0.05) is 6.92 Å². The second kappa shape index (κ2) is 4.81. The Labute approximate surface area is 94.0 Å². The molecule has 0 radical (unpaired) electrons. The number of halogens is 3. The zero-order valence-electron chi connectivity index (χ0n) is 8.63. The van der Waals surface area contributed by atoms with Gasteiger partial charge in [0.25, 0.3) is 0 Å². The highest BCUT2D eigenvalue weighted by molar-refractivity contribution is 5.99. The molecule has 0 aliphatic heterocycles. The number of rotatable bonds is 1. The third kappa shape index (κ3) is 4.09. The number of hydrogen-bond acceptors (Lipinski definition) is 3. The monoisotopic (exact) mass is 247 g/mol. The Balaban J connectivity index is 2.79. The van der Waals surface area contributed by atoms with Gasteiger partial charge in [-0.1, -0.05) is 6.07 Å². The van der Waals surface area contributed by atoms with Crippen LogP contribution in [-0.4, -0.2) is 16.9 Å². The van der Waals surface area contributed by atoms with Crippen LogP contribution >= 0.6 is 0 Å². The van der Waals surface area contributed by atoms with Crippen molar-refractivity contribution in [3.63, 3.8) is 0 Å². The number of imide groups is 1. The first-order valence-electron chi connectivity index (χ1n) is 4.42. The molecule has 0 aliphatic carbocycles. The lowest BCUT2D eigenvalue weighted by molar-refractivity contribution is -0.141. The molecule has 5 nitrogen and oxygen atoms in total. The van der Waals surface area contributed by atoms with Gasteiger partial charge in [-0.15, -0.1) is 0 Å². The zero-order chi connectivity index (χ0) is 13.1. The van der Waals surface area contributed by atoms with Gasteiger partial charge >= 0.3 is 12.2 Å². The fraction of sp³-hybridized carbons (Fsp3) is 0.222. The molecule has 0 saturated heterocycles. The minimum Gasteiger partial charge on any atom is -0.292 e. The Bertz CT molecular complexity index is 445. The molecule has 92 valence electrons. The van der Waals surface area contributed by atoms with E-state index in [2.05, 4.69) is 4.98 Å². The Kier molecular flexibility index (Phi) is 3.66. The first kappa shape index (κ1) is 12.9. The van der Waals surface area contributed by atoms with Gasteiger partial charge in [-0.05, 0) is 12.1 Å². The van der Waals surface area contributed by atoms with E-state index in [4.69, 9.17) is 0 Å². The molecule has 0 saturated carbocycles. The molecule has 8 heteroatoms. The molecule has 1 rings (SSSR count). The number of amides is 3. The fourth-order valence-corrected chi connectivity index (χ4v) is 0.970. The largest absolute Gasteiger partial charge is 0.433 e. The number of pyridine rings is 1. The average molecular weight is 247 g/mol. The molecule has 0 aliphatic rings. The molecule has 0 unspecified atom stereocenters. The number of carbonyl (C=O) groups is 2. The summed E-state index contributed by atoms with van der Waals surface area (Å²) in [6, 6.07) is 2.10. The van der Waals surface area contributed by atoms with Gasteiger partial charge in [-0.3, -0.25) is 15.4 Å². The fourth-order valence-electron chi connectivity index (χ4n) is 0.970. The van der Waals surface area contributed by atoms with Crippen LogP contribution in [0.5, 0.6) is 0 Å². The Morgan fingerprint density at radius 2 is 1.94 bits per heavy atom. The van der Waals surface area contributed by atoms with Crippen LogP contribution < -0.4 is 10.6 Å². The topological polar surface area (TPSA) is 71.1 Å². The molecule has 3 amide bonds. The van der Waals surface area contributed by atoms with Crippen LogP contribution in [0.15, 0.2) is 18.2 Å². The number of carbonyl (C=O) groups excluding carboxylic acids is 2. The third-order valence-electron chi connectivity index (χ3n) is 1.57. The van der Waals surface area contributed by atoms with E-state index >= 15 is 0 Å². The van der Waals surface area contributed by atoms with Crippen molar-refractivity contribution in [1.82, 2.24) is 10.3 Å². The maximum absolute atomic E-state index is 12.3. The number of nitrogens with zero attached hydrogens (tertiary/aromatic N) is 1. The molecule has 1 heterocycles. The molecule has 0 aromatic carbocycles. The van der Waals surface area contributed by atoms with Crippen LogP contribution in [0.3, 0.4) is 0 Å². The number of nitrogens with one attached hydrogen (secondary N) is 2. The summed E-state index contributed by atoms with van der Waals surface area (Å²) in [7, 11) is 0. The van der Waals surface area contributed by atoms with Crippen LogP contribution in [0, 0.1) is 0 Å². The van der Waals surface area contributed by atoms with Crippen LogP contribution in [0.25, 0.3) is 0 Å². The van der Waals surface area contributed by atoms with Gasteiger partial charge < -0.3 is 0 Å². The second-order valence-corrected chi connectivity index (χ2v) is 3.04. The van der Waals surface area contributed by atoms with Gasteiger partial charge in [0.05, 0.1) is 0 Å². The molecule has 1 aromatic rings. The van der Waals surface area contributed by atoms with Gasteiger partial charge in [0.15, 0.2) is 0 Å². The third-order valence-corrected chi connectivity index (χ3v) is 1.57. The first-order valence-corrected chi connectivity index (χ1v) is 4.42. The van der Waals surface area contributed by atoms with E-state index in [0.717, 1.165) is 19.1 Å². The quantitative estimate of drug-likeness (QED) is 0.794. The summed E-state index contributed by atoms with van der Waals surface area (Å²) < 4.78 is 36.8. The Morgan fingerprint density at radius 1 is 1.29 bits per heavy atom. The van der Waals surface area contributed by atoms with Gasteiger partial charge in [-0.2, -0.15) is 13.2 Å². The summed E-state index contributed by atoms with van der Waals surface area (Å²) in [4.78, 5) is 24.7. The van der Waals surface area contributed by atoms with Gasteiger partial charge in [0.1, 0.15) is 11.5 Å². The van der Waals surface area contributed by atoms with Gasteiger partial charge in [0.2, 0.25) is 5.91 Å². The summed E-state index contributed by atoms with van der Waals surface area (Å²) >= 11 is 0. The molecular weight excluding hydrogens is 239 g/mol. The minimum absolute atomic E-state index is 0.293. The smallest absolute Gasteiger partial charge is 0.292 e. The number of alkyl halides is 3. The second-order valence-electron chi connectivity index (χ2n) is 3.04. The Hall–Kier alpha value is -2.12. The Morgan fingerprint density at radius 3 is 2.47 bits per heavy atom. The summed E-state index contributed by atoms with van der Waals surface area (Å²) in [6.45, 7) is 1.10. The lowest BCUT2D eigenvalue weighted by Crippen LogP contribution is -2.32. The summed E-state index contributed by atoms with van der Waals surface area (Å²) in [6.07, 6.45) is -4.59. The maximum atomic E-state index is 12.3. The van der Waals surface area contributed by atoms with E-state index in [1.54, 1.807) is 0 Å². The number of hydrogen-bond donors (Lipinski definition) is 2. The highest BCUT2D eigenvalue weighted by atomic mass is 19.4. The van der Waals surface area contributed by atoms with E-state index in [9.17, 15) is 22.8 Å². The number of urea groups is 1. The molecule has 1 aromatic heterocycles. The normalized spacial score (nSPS) is 10.8. The van der Waals surface area contributed by atoms with Crippen molar-refractivity contribution in [2.24, 2.45) is 0 Å². The van der Waals surface area contributed by atoms with Crippen molar-refractivity contribution in [2.45, 2.75) is 13.1 Å². The molecule has 2 N–H and O–H groups in total. The predicted octanol–water partition coefficient (Wildman–Crippen LogP) is 1.77. The van der Waals surface area contributed by atoms with Crippen LogP contribution in [0.4, 0.5) is 23.8 Å². The minimum atomic E-state index is -4.59. The summed E-state index contributed by atoms with van der Waals surface area (Å²) in [5, 5.41) is 3.84. The zero-order valence-corrected chi connectivity index (χ0v) is 8.63. The van der Waals surface area contributed by atoms with Crippen LogP contribution in [0.1, 0.15) is 12.6 Å². The van der Waals surface area contributed by atoms with E-state index in [-0.39, 0.29) is 5.82 Å². The van der Waals surface area contributed by atoms with Gasteiger partial charge in [-0.25, -0.2) is 9.78 Å². The van der Waals surface area contributed by atoms with E-state index in [1.165, 1.54) is 6.07 Å². The van der Waals surface area contributed by atoms with E-state index < -0.39 is 23.8 Å². The summed E-state index contributed by atoms with van der Waals surface area (Å²) in [5.74, 6) is -0.923. The predicted molar refractivity (Wildman–Crippen MR) is 52.1 cm³/mol. The maximum Gasteiger partial charge on any atom is 0.433 e. The molecule has 0 bridgehead atoms. The summed E-state index contributed by atoms with van der Waals surface area (Å²) in [5.41, 5.74) is -1.13. The highest BCUT2D eigenvalue weighted by Crippen LogP contribution is 2.27. The van der Waals surface area contributed by atoms with Crippen molar-refractivity contribution < 1.29 is 22.8 Å². The lowest BCUT2D eigenvalue weighted by Gasteiger charge is -2.08. The standard InChI is InChI=1S/C9H8F3N3O2/c1-5(16)13-8(17)15-7-4-2-3-6(14-7)9(10,11)12/h2-4H,1H3,(H2,13,14,15,16,17). The molecular formula is C9H8F3N3O2. The van der Waals surface area contributed by atoms with Crippen molar-refractivity contribution in [3.8, 4) is 0 Å². The van der Waals surface area contributed by atoms with E-state index in [0.29, 0.717) is 0 Å². The number of aromatic nitrogens is 1. The molecule has 0 fully saturated rings. The average Bonchev–Trinajstić information content (AvgIpc) is 2.15. The van der Waals surface area contributed by atoms with Crippen molar-refractivity contribution >= 4 is 17.8 Å². The van der Waals surface area contributed by atoms with Crippen molar-refractivity contribution in [3.05, 3.63) is 23.9 Å². The molecule has 17 heavy (non-hydrogen) atoms. The molecule has 0 spiro atoms. The SMILES string of the molecule is CC(=O)NC(=O)Nc1cccc(C(F)(F)F)n1. The number of anilines is 1. The van der Waals surface area contributed by atoms with E-state index in [1.807, 2.05) is 10.6 Å². The first-order chi connectivity index (χ1) is 7.79. The lowest BCUT2D eigenvalue weighted by atomic mass is 10.3.